The summed E-state index contributed by atoms with van der Waals surface area (Å²) < 4.78 is 16.2. The average Bonchev–Trinajstić information content (AvgIpc) is 2.81. The molecule has 0 aliphatic carbocycles. The number of carbonyl (C=O) groups is 2. The Morgan fingerprint density at radius 2 is 1.81 bits per heavy atom. The van der Waals surface area contributed by atoms with Gasteiger partial charge in [-0.3, -0.25) is 9.59 Å². The molecule has 3 rings (SSSR count). The molecule has 0 bridgehead atoms. The van der Waals surface area contributed by atoms with Crippen molar-refractivity contribution in [1.29, 1.82) is 5.26 Å². The van der Waals surface area contributed by atoms with E-state index in [2.05, 4.69) is 16.7 Å². The van der Waals surface area contributed by atoms with Gasteiger partial charge in [0, 0.05) is 18.0 Å². The number of thioether (sulfide) groups is 1. The first-order valence-electron chi connectivity index (χ1n) is 9.72. The lowest BCUT2D eigenvalue weighted by Crippen LogP contribution is -2.31. The Morgan fingerprint density at radius 3 is 2.38 bits per heavy atom. The van der Waals surface area contributed by atoms with Gasteiger partial charge in [0.05, 0.1) is 43.8 Å². The third kappa shape index (κ3) is 5.15. The van der Waals surface area contributed by atoms with E-state index in [1.165, 1.54) is 21.3 Å². The number of benzene rings is 2. The second-order valence-corrected chi connectivity index (χ2v) is 7.81. The van der Waals surface area contributed by atoms with Crippen LogP contribution in [0.25, 0.3) is 0 Å². The number of para-hydroxylation sites is 1. The van der Waals surface area contributed by atoms with Crippen molar-refractivity contribution in [1.82, 2.24) is 5.32 Å². The van der Waals surface area contributed by atoms with Crippen LogP contribution < -0.4 is 24.8 Å². The number of nitrogens with one attached hydrogen (secondary N) is 2. The first-order valence-corrected chi connectivity index (χ1v) is 10.7. The summed E-state index contributed by atoms with van der Waals surface area (Å²) in [7, 11) is 4.51. The third-order valence-corrected chi connectivity index (χ3v) is 5.87. The van der Waals surface area contributed by atoms with Crippen LogP contribution in [0.15, 0.2) is 53.1 Å². The van der Waals surface area contributed by atoms with Crippen molar-refractivity contribution in [3.05, 3.63) is 58.6 Å². The molecule has 9 heteroatoms. The number of hydrogen-bond donors (Lipinski definition) is 2. The molecule has 1 unspecified atom stereocenters. The second-order valence-electron chi connectivity index (χ2n) is 6.82. The fourth-order valence-electron chi connectivity index (χ4n) is 3.38. The number of amides is 2. The number of rotatable bonds is 8. The van der Waals surface area contributed by atoms with Crippen LogP contribution in [0.5, 0.6) is 17.2 Å². The number of nitriles is 1. The van der Waals surface area contributed by atoms with Crippen molar-refractivity contribution in [3.8, 4) is 23.3 Å². The number of ether oxygens (including phenoxy) is 3. The van der Waals surface area contributed by atoms with Crippen LogP contribution >= 0.6 is 11.8 Å². The lowest BCUT2D eigenvalue weighted by molar-refractivity contribution is -0.121. The maximum atomic E-state index is 12.4. The fourth-order valence-corrected chi connectivity index (χ4v) is 4.25. The van der Waals surface area contributed by atoms with Crippen LogP contribution in [0.3, 0.4) is 0 Å². The van der Waals surface area contributed by atoms with Crippen molar-refractivity contribution in [2.24, 2.45) is 0 Å². The molecule has 2 aromatic rings. The van der Waals surface area contributed by atoms with Crippen LogP contribution in [0.4, 0.5) is 5.69 Å². The summed E-state index contributed by atoms with van der Waals surface area (Å²) in [4.78, 5) is 24.8. The smallest absolute Gasteiger partial charge is 0.234 e. The van der Waals surface area contributed by atoms with Crippen LogP contribution in [-0.4, -0.2) is 38.9 Å². The van der Waals surface area contributed by atoms with E-state index >= 15 is 0 Å². The fraction of sp³-hybridized carbons (Fsp3) is 0.261. The summed E-state index contributed by atoms with van der Waals surface area (Å²) in [5.41, 5.74) is 1.73. The van der Waals surface area contributed by atoms with E-state index in [0.29, 0.717) is 39.1 Å². The largest absolute Gasteiger partial charge is 0.493 e. The predicted molar refractivity (Wildman–Crippen MR) is 122 cm³/mol. The molecule has 1 heterocycles. The molecule has 8 nitrogen and oxygen atoms in total. The average molecular weight is 454 g/mol. The van der Waals surface area contributed by atoms with E-state index in [4.69, 9.17) is 14.2 Å². The van der Waals surface area contributed by atoms with Crippen molar-refractivity contribution < 1.29 is 23.8 Å². The van der Waals surface area contributed by atoms with Crippen molar-refractivity contribution in [2.45, 2.75) is 12.3 Å². The molecule has 0 saturated heterocycles. The van der Waals surface area contributed by atoms with Gasteiger partial charge >= 0.3 is 0 Å². The highest BCUT2D eigenvalue weighted by Crippen LogP contribution is 2.44. The molecule has 2 aromatic carbocycles. The summed E-state index contributed by atoms with van der Waals surface area (Å²) in [6.45, 7) is 0. The summed E-state index contributed by atoms with van der Waals surface area (Å²) in [5, 5.41) is 15.8. The molecule has 1 atom stereocenters. The predicted octanol–water partition coefficient (Wildman–Crippen LogP) is 3.42. The molecule has 0 fully saturated rings. The third-order valence-electron chi connectivity index (χ3n) is 4.85. The van der Waals surface area contributed by atoms with Gasteiger partial charge in [-0.05, 0) is 29.8 Å². The molecule has 1 aliphatic rings. The number of nitrogens with zero attached hydrogens (tertiary/aromatic N) is 1. The Labute approximate surface area is 190 Å². The highest BCUT2D eigenvalue weighted by atomic mass is 32.2. The van der Waals surface area contributed by atoms with Gasteiger partial charge in [0.25, 0.3) is 0 Å². The van der Waals surface area contributed by atoms with E-state index in [1.54, 1.807) is 24.3 Å². The van der Waals surface area contributed by atoms with Gasteiger partial charge in [0.15, 0.2) is 11.5 Å². The standard InChI is InChI=1S/C23H23N3O5S/c1-29-18-9-14(10-19(30-2)22(18)31-3)16-11-20(27)26-23(17(16)12-24)32-13-21(28)25-15-7-5-4-6-8-15/h4-10,16H,11,13H2,1-3H3,(H,25,28)(H,26,27). The Kier molecular flexibility index (Phi) is 7.63. The number of anilines is 1. The Morgan fingerprint density at radius 1 is 1.16 bits per heavy atom. The maximum absolute atomic E-state index is 12.4. The lowest BCUT2D eigenvalue weighted by Gasteiger charge is -2.26. The van der Waals surface area contributed by atoms with Gasteiger partial charge in [-0.2, -0.15) is 5.26 Å². The number of allylic oxidation sites excluding steroid dienone is 1. The number of carbonyl (C=O) groups excluding carboxylic acids is 2. The van der Waals surface area contributed by atoms with E-state index < -0.39 is 5.92 Å². The quantitative estimate of drug-likeness (QED) is 0.630. The van der Waals surface area contributed by atoms with Crippen LogP contribution in [0.1, 0.15) is 17.9 Å². The molecule has 0 saturated carbocycles. The minimum Gasteiger partial charge on any atom is -0.493 e. The lowest BCUT2D eigenvalue weighted by atomic mass is 9.86. The van der Waals surface area contributed by atoms with E-state index in [-0.39, 0.29) is 24.0 Å². The zero-order valence-electron chi connectivity index (χ0n) is 17.9. The van der Waals surface area contributed by atoms with Gasteiger partial charge in [0.1, 0.15) is 0 Å². The molecule has 166 valence electrons. The summed E-state index contributed by atoms with van der Waals surface area (Å²) in [6, 6.07) is 14.7. The molecule has 0 aromatic heterocycles. The van der Waals surface area contributed by atoms with Crippen LogP contribution in [0.2, 0.25) is 0 Å². The normalized spacial score (nSPS) is 15.4. The first kappa shape index (κ1) is 23.0. The Hall–Kier alpha value is -3.64. The van der Waals surface area contributed by atoms with Gasteiger partial charge in [-0.15, -0.1) is 0 Å². The zero-order valence-corrected chi connectivity index (χ0v) is 18.7. The summed E-state index contributed by atoms with van der Waals surface area (Å²) in [6.07, 6.45) is 0.0851. The summed E-state index contributed by atoms with van der Waals surface area (Å²) in [5.74, 6) is 0.334. The van der Waals surface area contributed by atoms with Crippen LogP contribution in [-0.2, 0) is 9.59 Å². The highest BCUT2D eigenvalue weighted by molar-refractivity contribution is 8.03. The molecular weight excluding hydrogens is 430 g/mol. The van der Waals surface area contributed by atoms with E-state index in [9.17, 15) is 14.9 Å². The summed E-state index contributed by atoms with van der Waals surface area (Å²) >= 11 is 1.11. The molecule has 32 heavy (non-hydrogen) atoms. The van der Waals surface area contributed by atoms with E-state index in [1.807, 2.05) is 18.2 Å². The highest BCUT2D eigenvalue weighted by Gasteiger charge is 2.31. The number of methoxy groups -OCH3 is 3. The second kappa shape index (κ2) is 10.6. The van der Waals surface area contributed by atoms with Crippen LogP contribution in [0, 0.1) is 11.3 Å². The van der Waals surface area contributed by atoms with Gasteiger partial charge in [-0.25, -0.2) is 0 Å². The molecular formula is C23H23N3O5S. The monoisotopic (exact) mass is 453 g/mol. The first-order chi connectivity index (χ1) is 15.5. The molecule has 2 amide bonds. The van der Waals surface area contributed by atoms with Gasteiger partial charge in [-0.1, -0.05) is 30.0 Å². The minimum absolute atomic E-state index is 0.0393. The zero-order chi connectivity index (χ0) is 23.1. The SMILES string of the molecule is COc1cc(C2CC(=O)NC(SCC(=O)Nc3ccccc3)=C2C#N)cc(OC)c1OC. The molecule has 0 spiro atoms. The van der Waals surface area contributed by atoms with Crippen molar-refractivity contribution >= 4 is 29.3 Å². The molecule has 1 aliphatic heterocycles. The van der Waals surface area contributed by atoms with Crippen molar-refractivity contribution in [2.75, 3.05) is 32.4 Å². The maximum Gasteiger partial charge on any atom is 0.234 e. The topological polar surface area (TPSA) is 110 Å². The van der Waals surface area contributed by atoms with Gasteiger partial charge < -0.3 is 24.8 Å². The van der Waals surface area contributed by atoms with Gasteiger partial charge in [0.2, 0.25) is 17.6 Å². The molecule has 2 N–H and O–H groups in total. The molecule has 0 radical (unpaired) electrons. The Balaban J connectivity index is 1.87. The minimum atomic E-state index is -0.512. The van der Waals surface area contributed by atoms with Crippen molar-refractivity contribution in [3.63, 3.8) is 0 Å². The number of hydrogen-bond acceptors (Lipinski definition) is 7. The Bertz CT molecular complexity index is 1050. The van der Waals surface area contributed by atoms with E-state index in [0.717, 1.165) is 11.8 Å².